The number of rotatable bonds is 2. The van der Waals surface area contributed by atoms with Crippen molar-refractivity contribution in [2.24, 2.45) is 0 Å². The van der Waals surface area contributed by atoms with Gasteiger partial charge in [0.05, 0.1) is 5.52 Å². The molecule has 0 radical (unpaired) electrons. The van der Waals surface area contributed by atoms with Gasteiger partial charge in [0.1, 0.15) is 5.60 Å². The standard InChI is InChI=1S/C16H21NO2/c1-5-8-12-11-17(15(18)19-16(2,3)4)14-10-7-6-9-13(12)14/h6-7,9-11H,5,8H2,1-4H3. The van der Waals surface area contributed by atoms with Gasteiger partial charge in [-0.3, -0.25) is 4.57 Å². The minimum Gasteiger partial charge on any atom is -0.443 e. The van der Waals surface area contributed by atoms with Crippen molar-refractivity contribution in [1.29, 1.82) is 0 Å². The monoisotopic (exact) mass is 259 g/mol. The molecule has 1 aromatic heterocycles. The molecule has 3 nitrogen and oxygen atoms in total. The van der Waals surface area contributed by atoms with Gasteiger partial charge in [-0.2, -0.15) is 0 Å². The summed E-state index contributed by atoms with van der Waals surface area (Å²) in [6.45, 7) is 7.77. The summed E-state index contributed by atoms with van der Waals surface area (Å²) in [6.07, 6.45) is 3.62. The number of benzene rings is 1. The van der Waals surface area contributed by atoms with Crippen LogP contribution in [0.15, 0.2) is 30.5 Å². The van der Waals surface area contributed by atoms with E-state index in [2.05, 4.69) is 13.0 Å². The lowest BCUT2D eigenvalue weighted by Gasteiger charge is -2.19. The molecule has 0 spiro atoms. The van der Waals surface area contributed by atoms with E-state index in [1.807, 2.05) is 45.2 Å². The zero-order valence-corrected chi connectivity index (χ0v) is 12.1. The largest absolute Gasteiger partial charge is 0.443 e. The summed E-state index contributed by atoms with van der Waals surface area (Å²) in [5, 5.41) is 1.13. The number of hydrogen-bond donors (Lipinski definition) is 0. The molecule has 102 valence electrons. The van der Waals surface area contributed by atoms with Gasteiger partial charge in [0.15, 0.2) is 0 Å². The van der Waals surface area contributed by atoms with Crippen LogP contribution in [0.5, 0.6) is 0 Å². The minimum atomic E-state index is -0.479. The van der Waals surface area contributed by atoms with Crippen LogP contribution in [-0.4, -0.2) is 16.3 Å². The second-order valence-corrected chi connectivity index (χ2v) is 5.77. The molecule has 0 aliphatic heterocycles. The Morgan fingerprint density at radius 3 is 2.58 bits per heavy atom. The highest BCUT2D eigenvalue weighted by molar-refractivity contribution is 5.92. The first-order valence-electron chi connectivity index (χ1n) is 6.74. The Kier molecular flexibility index (Phi) is 3.65. The van der Waals surface area contributed by atoms with Gasteiger partial charge in [0.25, 0.3) is 0 Å². The molecule has 1 heterocycles. The Morgan fingerprint density at radius 1 is 1.26 bits per heavy atom. The maximum absolute atomic E-state index is 12.2. The molecule has 1 aromatic carbocycles. The maximum Gasteiger partial charge on any atom is 0.419 e. The number of fused-ring (bicyclic) bond motifs is 1. The Hall–Kier alpha value is -1.77. The van der Waals surface area contributed by atoms with Crippen LogP contribution in [0, 0.1) is 0 Å². The first-order valence-corrected chi connectivity index (χ1v) is 6.74. The Morgan fingerprint density at radius 2 is 1.95 bits per heavy atom. The predicted octanol–water partition coefficient (Wildman–Crippen LogP) is 4.38. The zero-order valence-electron chi connectivity index (χ0n) is 12.1. The van der Waals surface area contributed by atoms with Gasteiger partial charge >= 0.3 is 6.09 Å². The number of hydrogen-bond acceptors (Lipinski definition) is 2. The average molecular weight is 259 g/mol. The first-order chi connectivity index (χ1) is 8.92. The van der Waals surface area contributed by atoms with E-state index < -0.39 is 5.60 Å². The SMILES string of the molecule is CCCc1cn(C(=O)OC(C)(C)C)c2ccccc12. The molecule has 0 bridgehead atoms. The molecule has 19 heavy (non-hydrogen) atoms. The number of nitrogens with zero attached hydrogens (tertiary/aromatic N) is 1. The molecular weight excluding hydrogens is 238 g/mol. The average Bonchev–Trinajstić information content (AvgIpc) is 2.67. The number of para-hydroxylation sites is 1. The van der Waals surface area contributed by atoms with Crippen molar-refractivity contribution >= 4 is 17.0 Å². The van der Waals surface area contributed by atoms with Crippen LogP contribution < -0.4 is 0 Å². The predicted molar refractivity (Wildman–Crippen MR) is 77.6 cm³/mol. The smallest absolute Gasteiger partial charge is 0.419 e. The third-order valence-corrected chi connectivity index (χ3v) is 2.90. The van der Waals surface area contributed by atoms with Gasteiger partial charge in [-0.05, 0) is 38.8 Å². The van der Waals surface area contributed by atoms with E-state index in [0.29, 0.717) is 0 Å². The van der Waals surface area contributed by atoms with E-state index >= 15 is 0 Å². The normalized spacial score (nSPS) is 11.8. The fourth-order valence-corrected chi connectivity index (χ4v) is 2.18. The molecular formula is C16H21NO2. The molecule has 0 unspecified atom stereocenters. The Balaban J connectivity index is 2.46. The van der Waals surface area contributed by atoms with Gasteiger partial charge in [-0.1, -0.05) is 31.5 Å². The van der Waals surface area contributed by atoms with E-state index in [1.54, 1.807) is 4.57 Å². The third-order valence-electron chi connectivity index (χ3n) is 2.90. The van der Waals surface area contributed by atoms with Crippen LogP contribution in [0.4, 0.5) is 4.79 Å². The lowest BCUT2D eigenvalue weighted by atomic mass is 10.1. The van der Waals surface area contributed by atoms with E-state index in [1.165, 1.54) is 5.56 Å². The van der Waals surface area contributed by atoms with Crippen molar-refractivity contribution < 1.29 is 9.53 Å². The second kappa shape index (κ2) is 5.08. The Bertz CT molecular complexity index is 590. The molecule has 0 atom stereocenters. The number of aryl methyl sites for hydroxylation is 1. The van der Waals surface area contributed by atoms with Gasteiger partial charge in [0, 0.05) is 11.6 Å². The molecule has 0 saturated heterocycles. The van der Waals surface area contributed by atoms with Crippen molar-refractivity contribution in [3.63, 3.8) is 0 Å². The van der Waals surface area contributed by atoms with Gasteiger partial charge in [0.2, 0.25) is 0 Å². The van der Waals surface area contributed by atoms with Crippen LogP contribution >= 0.6 is 0 Å². The summed E-state index contributed by atoms with van der Waals surface area (Å²) < 4.78 is 7.06. The molecule has 2 rings (SSSR count). The van der Waals surface area contributed by atoms with Crippen LogP contribution in [0.2, 0.25) is 0 Å². The minimum absolute atomic E-state index is 0.314. The van der Waals surface area contributed by atoms with Crippen molar-refractivity contribution in [2.75, 3.05) is 0 Å². The van der Waals surface area contributed by atoms with Crippen LogP contribution in [0.1, 0.15) is 39.7 Å². The number of carbonyl (C=O) groups excluding carboxylic acids is 1. The van der Waals surface area contributed by atoms with Gasteiger partial charge in [-0.15, -0.1) is 0 Å². The van der Waals surface area contributed by atoms with Crippen molar-refractivity contribution in [3.8, 4) is 0 Å². The Labute approximate surface area is 114 Å². The van der Waals surface area contributed by atoms with E-state index in [4.69, 9.17) is 4.74 Å². The first kappa shape index (κ1) is 13.7. The zero-order chi connectivity index (χ0) is 14.0. The summed E-state index contributed by atoms with van der Waals surface area (Å²) in [5.41, 5.74) is 1.64. The quantitative estimate of drug-likeness (QED) is 0.801. The number of aromatic nitrogens is 1. The topological polar surface area (TPSA) is 31.2 Å². The molecule has 0 saturated carbocycles. The fourth-order valence-electron chi connectivity index (χ4n) is 2.18. The third kappa shape index (κ3) is 2.98. The summed E-state index contributed by atoms with van der Waals surface area (Å²) in [7, 11) is 0. The second-order valence-electron chi connectivity index (χ2n) is 5.77. The summed E-state index contributed by atoms with van der Waals surface area (Å²) in [4.78, 5) is 12.2. The maximum atomic E-state index is 12.2. The van der Waals surface area contributed by atoms with E-state index in [9.17, 15) is 4.79 Å². The number of carbonyl (C=O) groups is 1. The lowest BCUT2D eigenvalue weighted by molar-refractivity contribution is 0.0544. The van der Waals surface area contributed by atoms with Crippen LogP contribution in [0.25, 0.3) is 10.9 Å². The highest BCUT2D eigenvalue weighted by Gasteiger charge is 2.20. The fraction of sp³-hybridized carbons (Fsp3) is 0.438. The lowest BCUT2D eigenvalue weighted by Crippen LogP contribution is -2.26. The molecule has 0 amide bonds. The molecule has 3 heteroatoms. The molecule has 0 aliphatic carbocycles. The summed E-state index contributed by atoms with van der Waals surface area (Å²) in [5.74, 6) is 0. The van der Waals surface area contributed by atoms with Gasteiger partial charge < -0.3 is 4.74 Å². The molecule has 0 N–H and O–H groups in total. The van der Waals surface area contributed by atoms with E-state index in [-0.39, 0.29) is 6.09 Å². The molecule has 0 aliphatic rings. The molecule has 2 aromatic rings. The van der Waals surface area contributed by atoms with Gasteiger partial charge in [-0.25, -0.2) is 4.79 Å². The summed E-state index contributed by atoms with van der Waals surface area (Å²) in [6, 6.07) is 7.96. The van der Waals surface area contributed by atoms with Crippen molar-refractivity contribution in [3.05, 3.63) is 36.0 Å². The van der Waals surface area contributed by atoms with Crippen molar-refractivity contribution in [1.82, 2.24) is 4.57 Å². The van der Waals surface area contributed by atoms with E-state index in [0.717, 1.165) is 23.7 Å². The highest BCUT2D eigenvalue weighted by Crippen LogP contribution is 2.23. The molecule has 0 fully saturated rings. The number of ether oxygens (including phenoxy) is 1. The van der Waals surface area contributed by atoms with Crippen molar-refractivity contribution in [2.45, 2.75) is 46.1 Å². The summed E-state index contributed by atoms with van der Waals surface area (Å²) >= 11 is 0. The highest BCUT2D eigenvalue weighted by atomic mass is 16.6. The van der Waals surface area contributed by atoms with Crippen LogP contribution in [0.3, 0.4) is 0 Å². The van der Waals surface area contributed by atoms with Crippen LogP contribution in [-0.2, 0) is 11.2 Å².